The van der Waals surface area contributed by atoms with Crippen molar-refractivity contribution in [2.45, 2.75) is 25.9 Å². The van der Waals surface area contributed by atoms with Crippen molar-refractivity contribution in [1.29, 1.82) is 0 Å². The normalized spacial score (nSPS) is 15.1. The summed E-state index contributed by atoms with van der Waals surface area (Å²) in [5.74, 6) is 0.894. The zero-order chi connectivity index (χ0) is 11.4. The first kappa shape index (κ1) is 11.6. The fourth-order valence-corrected chi connectivity index (χ4v) is 1.69. The molecule has 1 aliphatic rings. The van der Waals surface area contributed by atoms with Crippen molar-refractivity contribution in [3.8, 4) is 0 Å². The molecule has 0 saturated heterocycles. The Labute approximate surface area is 96.2 Å². The Balaban J connectivity index is 1.76. The standard InChI is InChI=1S/C12H17BO3/c14-13(15)12-3-1-2-11(8-12)9-16-7-6-10-4-5-10/h1-3,8,10,14-15H,4-7,9H2. The Bertz CT molecular complexity index is 337. The summed E-state index contributed by atoms with van der Waals surface area (Å²) in [7, 11) is -1.40. The Morgan fingerprint density at radius 1 is 1.31 bits per heavy atom. The number of ether oxygens (including phenoxy) is 1. The van der Waals surface area contributed by atoms with Crippen molar-refractivity contribution in [3.63, 3.8) is 0 Å². The average molecular weight is 220 g/mol. The van der Waals surface area contributed by atoms with Crippen molar-refractivity contribution < 1.29 is 14.8 Å². The molecule has 0 unspecified atom stereocenters. The van der Waals surface area contributed by atoms with Gasteiger partial charge in [-0.15, -0.1) is 0 Å². The predicted molar refractivity (Wildman–Crippen MR) is 63.3 cm³/mol. The molecule has 3 nitrogen and oxygen atoms in total. The van der Waals surface area contributed by atoms with Crippen LogP contribution in [0.1, 0.15) is 24.8 Å². The van der Waals surface area contributed by atoms with Crippen LogP contribution in [0.4, 0.5) is 0 Å². The second-order valence-electron chi connectivity index (χ2n) is 4.40. The van der Waals surface area contributed by atoms with Gasteiger partial charge in [-0.3, -0.25) is 0 Å². The van der Waals surface area contributed by atoms with Gasteiger partial charge in [-0.2, -0.15) is 0 Å². The maximum Gasteiger partial charge on any atom is 0.488 e. The molecule has 16 heavy (non-hydrogen) atoms. The van der Waals surface area contributed by atoms with E-state index < -0.39 is 7.12 Å². The second kappa shape index (κ2) is 5.48. The van der Waals surface area contributed by atoms with E-state index in [9.17, 15) is 0 Å². The molecular formula is C12H17BO3. The van der Waals surface area contributed by atoms with E-state index in [1.54, 1.807) is 12.1 Å². The lowest BCUT2D eigenvalue weighted by atomic mass is 9.80. The summed E-state index contributed by atoms with van der Waals surface area (Å²) in [6.45, 7) is 1.35. The maximum atomic E-state index is 9.02. The molecular weight excluding hydrogens is 203 g/mol. The van der Waals surface area contributed by atoms with Crippen LogP contribution >= 0.6 is 0 Å². The quantitative estimate of drug-likeness (QED) is 0.547. The lowest BCUT2D eigenvalue weighted by molar-refractivity contribution is 0.115. The Hall–Kier alpha value is -0.835. The van der Waals surface area contributed by atoms with E-state index in [1.165, 1.54) is 12.8 Å². The van der Waals surface area contributed by atoms with Crippen LogP contribution in [-0.2, 0) is 11.3 Å². The third-order valence-corrected chi connectivity index (χ3v) is 2.89. The zero-order valence-corrected chi connectivity index (χ0v) is 9.30. The minimum Gasteiger partial charge on any atom is -0.423 e. The topological polar surface area (TPSA) is 49.7 Å². The summed E-state index contributed by atoms with van der Waals surface area (Å²) in [4.78, 5) is 0. The highest BCUT2D eigenvalue weighted by Crippen LogP contribution is 2.32. The fraction of sp³-hybridized carbons (Fsp3) is 0.500. The Kier molecular flexibility index (Phi) is 3.99. The van der Waals surface area contributed by atoms with Crippen LogP contribution < -0.4 is 5.46 Å². The summed E-state index contributed by atoms with van der Waals surface area (Å²) in [6, 6.07) is 7.21. The van der Waals surface area contributed by atoms with E-state index in [4.69, 9.17) is 14.8 Å². The molecule has 2 rings (SSSR count). The SMILES string of the molecule is OB(O)c1cccc(COCCC2CC2)c1. The summed E-state index contributed by atoms with van der Waals surface area (Å²) in [6.07, 6.45) is 3.87. The van der Waals surface area contributed by atoms with Gasteiger partial charge in [-0.25, -0.2) is 0 Å². The Morgan fingerprint density at radius 3 is 2.81 bits per heavy atom. The van der Waals surface area contributed by atoms with Gasteiger partial charge in [-0.05, 0) is 23.4 Å². The highest BCUT2D eigenvalue weighted by Gasteiger charge is 2.20. The van der Waals surface area contributed by atoms with Gasteiger partial charge in [0.25, 0.3) is 0 Å². The third kappa shape index (κ3) is 3.63. The summed E-state index contributed by atoms with van der Waals surface area (Å²) in [5, 5.41) is 18.0. The number of rotatable bonds is 6. The van der Waals surface area contributed by atoms with Crippen LogP contribution in [0.2, 0.25) is 0 Å². The van der Waals surface area contributed by atoms with Crippen LogP contribution in [0.3, 0.4) is 0 Å². The number of hydrogen-bond acceptors (Lipinski definition) is 3. The monoisotopic (exact) mass is 220 g/mol. The molecule has 0 heterocycles. The first-order chi connectivity index (χ1) is 7.75. The molecule has 0 aliphatic heterocycles. The molecule has 0 radical (unpaired) electrons. The molecule has 1 saturated carbocycles. The van der Waals surface area contributed by atoms with Crippen molar-refractivity contribution in [2.75, 3.05) is 6.61 Å². The van der Waals surface area contributed by atoms with Crippen molar-refractivity contribution in [1.82, 2.24) is 0 Å². The molecule has 1 aromatic carbocycles. The molecule has 0 aromatic heterocycles. The van der Waals surface area contributed by atoms with E-state index in [0.717, 1.165) is 24.5 Å². The summed E-state index contributed by atoms with van der Waals surface area (Å²) < 4.78 is 5.54. The van der Waals surface area contributed by atoms with Gasteiger partial charge in [0.15, 0.2) is 0 Å². The lowest BCUT2D eigenvalue weighted by Gasteiger charge is -2.06. The van der Waals surface area contributed by atoms with Crippen LogP contribution in [-0.4, -0.2) is 23.8 Å². The molecule has 0 spiro atoms. The van der Waals surface area contributed by atoms with Crippen LogP contribution in [0.25, 0.3) is 0 Å². The van der Waals surface area contributed by atoms with Gasteiger partial charge < -0.3 is 14.8 Å². The highest BCUT2D eigenvalue weighted by atomic mass is 16.5. The van der Waals surface area contributed by atoms with Gasteiger partial charge in [0, 0.05) is 6.61 Å². The van der Waals surface area contributed by atoms with E-state index in [0.29, 0.717) is 12.1 Å². The van der Waals surface area contributed by atoms with Gasteiger partial charge >= 0.3 is 7.12 Å². The lowest BCUT2D eigenvalue weighted by Crippen LogP contribution is -2.29. The van der Waals surface area contributed by atoms with Gasteiger partial charge in [-0.1, -0.05) is 37.1 Å². The minimum absolute atomic E-state index is 0.517. The molecule has 0 amide bonds. The molecule has 1 aromatic rings. The summed E-state index contributed by atoms with van der Waals surface area (Å²) >= 11 is 0. The highest BCUT2D eigenvalue weighted by molar-refractivity contribution is 6.58. The molecule has 86 valence electrons. The summed E-state index contributed by atoms with van der Waals surface area (Å²) in [5.41, 5.74) is 1.50. The van der Waals surface area contributed by atoms with Gasteiger partial charge in [0.05, 0.1) is 6.61 Å². The molecule has 0 bridgehead atoms. The maximum absolute atomic E-state index is 9.02. The van der Waals surface area contributed by atoms with Gasteiger partial charge in [0.2, 0.25) is 0 Å². The average Bonchev–Trinajstić information content (AvgIpc) is 3.09. The smallest absolute Gasteiger partial charge is 0.423 e. The first-order valence-corrected chi connectivity index (χ1v) is 5.78. The van der Waals surface area contributed by atoms with E-state index >= 15 is 0 Å². The molecule has 1 aliphatic carbocycles. The zero-order valence-electron chi connectivity index (χ0n) is 9.30. The number of hydrogen-bond donors (Lipinski definition) is 2. The molecule has 1 fully saturated rings. The second-order valence-corrected chi connectivity index (χ2v) is 4.40. The van der Waals surface area contributed by atoms with Gasteiger partial charge in [0.1, 0.15) is 0 Å². The van der Waals surface area contributed by atoms with E-state index in [2.05, 4.69) is 0 Å². The van der Waals surface area contributed by atoms with E-state index in [1.807, 2.05) is 12.1 Å². The number of benzene rings is 1. The first-order valence-electron chi connectivity index (χ1n) is 5.78. The molecule has 4 heteroatoms. The minimum atomic E-state index is -1.40. The third-order valence-electron chi connectivity index (χ3n) is 2.89. The van der Waals surface area contributed by atoms with Crippen LogP contribution in [0, 0.1) is 5.92 Å². The van der Waals surface area contributed by atoms with Crippen LogP contribution in [0.15, 0.2) is 24.3 Å². The van der Waals surface area contributed by atoms with Crippen molar-refractivity contribution in [3.05, 3.63) is 29.8 Å². The molecule has 2 N–H and O–H groups in total. The fourth-order valence-electron chi connectivity index (χ4n) is 1.69. The van der Waals surface area contributed by atoms with Crippen molar-refractivity contribution in [2.24, 2.45) is 5.92 Å². The van der Waals surface area contributed by atoms with Crippen molar-refractivity contribution >= 4 is 12.6 Å². The molecule has 0 atom stereocenters. The van der Waals surface area contributed by atoms with E-state index in [-0.39, 0.29) is 0 Å². The Morgan fingerprint density at radius 2 is 2.12 bits per heavy atom. The van der Waals surface area contributed by atoms with Crippen LogP contribution in [0.5, 0.6) is 0 Å². The largest absolute Gasteiger partial charge is 0.488 e. The predicted octanol–water partition coefficient (Wildman–Crippen LogP) is 0.683.